The van der Waals surface area contributed by atoms with Gasteiger partial charge in [-0.1, -0.05) is 48.5 Å². The molecule has 2 saturated heterocycles. The van der Waals surface area contributed by atoms with E-state index in [9.17, 15) is 19.5 Å². The first-order chi connectivity index (χ1) is 19.5. The summed E-state index contributed by atoms with van der Waals surface area (Å²) in [5, 5.41) is 11.8. The van der Waals surface area contributed by atoms with Crippen LogP contribution < -0.4 is 0 Å². The predicted octanol–water partition coefficient (Wildman–Crippen LogP) is 3.30. The van der Waals surface area contributed by atoms with Crippen molar-refractivity contribution >= 4 is 28.8 Å². The van der Waals surface area contributed by atoms with Gasteiger partial charge in [-0.2, -0.15) is 0 Å². The Balaban J connectivity index is 1.44. The van der Waals surface area contributed by atoms with Gasteiger partial charge in [0.05, 0.1) is 18.5 Å². The van der Waals surface area contributed by atoms with Crippen LogP contribution in [0.1, 0.15) is 61.4 Å². The summed E-state index contributed by atoms with van der Waals surface area (Å²) in [4.78, 5) is 41.8. The van der Waals surface area contributed by atoms with Gasteiger partial charge in [-0.05, 0) is 51.4 Å². The maximum absolute atomic E-state index is 13.3. The number of rotatable bonds is 2. The number of aliphatic hydroxyl groups is 1. The molecule has 2 spiro atoms. The molecule has 1 aliphatic carbocycles. The standard InChI is InChI=1S/C31H32N2O8/c1-32(2)28(19-9-5-4-6-10-19)13-15-30(16-14-28)25-24(20-11-7-8-12-21(20)33(25)3)26-31(41-30)39-23(35)18-29(37,27(36)40-31)17-22(34)38-26/h4-12,26,37H,13-18H2,1-3H3. The van der Waals surface area contributed by atoms with Crippen molar-refractivity contribution in [2.24, 2.45) is 7.05 Å². The lowest BCUT2D eigenvalue weighted by Crippen LogP contribution is -2.61. The molecular formula is C31H32N2O8. The molecule has 10 nitrogen and oxygen atoms in total. The van der Waals surface area contributed by atoms with E-state index in [4.69, 9.17) is 18.9 Å². The van der Waals surface area contributed by atoms with E-state index >= 15 is 0 Å². The number of aromatic nitrogens is 1. The van der Waals surface area contributed by atoms with E-state index in [2.05, 4.69) is 31.1 Å². The molecule has 4 heterocycles. The molecule has 41 heavy (non-hydrogen) atoms. The Morgan fingerprint density at radius 2 is 1.54 bits per heavy atom. The first-order valence-corrected chi connectivity index (χ1v) is 13.9. The molecule has 2 aromatic carbocycles. The normalized spacial score (nSPS) is 34.8. The Kier molecular flexibility index (Phi) is 5.52. The minimum Gasteiger partial charge on any atom is -0.446 e. The molecule has 2 bridgehead atoms. The van der Waals surface area contributed by atoms with Gasteiger partial charge in [0.2, 0.25) is 6.10 Å². The van der Waals surface area contributed by atoms with Crippen molar-refractivity contribution in [3.63, 3.8) is 0 Å². The number of esters is 3. The molecule has 0 radical (unpaired) electrons. The zero-order valence-electron chi connectivity index (χ0n) is 23.2. The van der Waals surface area contributed by atoms with Gasteiger partial charge < -0.3 is 23.9 Å². The van der Waals surface area contributed by atoms with Crippen LogP contribution in [0.15, 0.2) is 54.6 Å². The Hall–Kier alpha value is -3.73. The maximum atomic E-state index is 13.3. The smallest absolute Gasteiger partial charge is 0.421 e. The monoisotopic (exact) mass is 560 g/mol. The molecule has 3 aliphatic heterocycles. The van der Waals surface area contributed by atoms with Crippen LogP contribution >= 0.6 is 0 Å². The number of hydrogen-bond donors (Lipinski definition) is 1. The van der Waals surface area contributed by atoms with Crippen LogP contribution in [0.5, 0.6) is 0 Å². The fourth-order valence-electron chi connectivity index (χ4n) is 7.52. The second-order valence-electron chi connectivity index (χ2n) is 11.9. The van der Waals surface area contributed by atoms with Crippen LogP contribution in [0.2, 0.25) is 0 Å². The Labute approximate surface area is 236 Å². The summed E-state index contributed by atoms with van der Waals surface area (Å²) in [6, 6.07) is 18.0. The van der Waals surface area contributed by atoms with Crippen LogP contribution in [-0.4, -0.2) is 58.2 Å². The topological polar surface area (TPSA) is 117 Å². The molecule has 10 heteroatoms. The third kappa shape index (κ3) is 3.57. The zero-order valence-corrected chi connectivity index (χ0v) is 23.2. The number of ether oxygens (including phenoxy) is 4. The molecular weight excluding hydrogens is 528 g/mol. The molecule has 3 atom stereocenters. The highest BCUT2D eigenvalue weighted by molar-refractivity contribution is 5.93. The largest absolute Gasteiger partial charge is 0.446 e. The van der Waals surface area contributed by atoms with Crippen molar-refractivity contribution in [2.45, 2.75) is 67.3 Å². The van der Waals surface area contributed by atoms with Crippen LogP contribution in [-0.2, 0) is 51.5 Å². The Morgan fingerprint density at radius 3 is 2.24 bits per heavy atom. The van der Waals surface area contributed by atoms with Crippen molar-refractivity contribution < 1.29 is 38.4 Å². The maximum Gasteiger partial charge on any atom is 0.421 e. The number of carbonyl (C=O) groups excluding carboxylic acids is 3. The first kappa shape index (κ1) is 26.2. The molecule has 4 aliphatic rings. The van der Waals surface area contributed by atoms with E-state index in [-0.39, 0.29) is 5.54 Å². The SMILES string of the molecule is CN(C)C1(c2ccccc2)CCC2(CC1)OC13OC(=O)CC(O)(CC(=O)OC1c1c2n(C)c2ccccc12)C(=O)O3. The van der Waals surface area contributed by atoms with Gasteiger partial charge in [0, 0.05) is 29.1 Å². The number of para-hydroxylation sites is 1. The fourth-order valence-corrected chi connectivity index (χ4v) is 7.52. The molecule has 3 unspecified atom stereocenters. The third-order valence-corrected chi connectivity index (χ3v) is 9.54. The van der Waals surface area contributed by atoms with Gasteiger partial charge in [-0.3, -0.25) is 19.2 Å². The van der Waals surface area contributed by atoms with Gasteiger partial charge >= 0.3 is 23.9 Å². The van der Waals surface area contributed by atoms with E-state index in [1.54, 1.807) is 0 Å². The number of nitrogens with zero attached hydrogens (tertiary/aromatic N) is 2. The van der Waals surface area contributed by atoms with Crippen LogP contribution in [0.4, 0.5) is 0 Å². The molecule has 214 valence electrons. The third-order valence-electron chi connectivity index (χ3n) is 9.54. The van der Waals surface area contributed by atoms with Crippen molar-refractivity contribution in [1.29, 1.82) is 0 Å². The fraction of sp³-hybridized carbons (Fsp3) is 0.452. The highest BCUT2D eigenvalue weighted by Crippen LogP contribution is 2.60. The van der Waals surface area contributed by atoms with E-state index in [1.165, 1.54) is 5.56 Å². The quantitative estimate of drug-likeness (QED) is 0.471. The van der Waals surface area contributed by atoms with Gasteiger partial charge in [0.1, 0.15) is 5.60 Å². The lowest BCUT2D eigenvalue weighted by molar-refractivity contribution is -0.427. The highest BCUT2D eigenvalue weighted by atomic mass is 16.9. The van der Waals surface area contributed by atoms with Gasteiger partial charge in [-0.15, -0.1) is 0 Å². The number of hydrogen-bond acceptors (Lipinski definition) is 9. The molecule has 7 rings (SSSR count). The van der Waals surface area contributed by atoms with E-state index in [0.29, 0.717) is 31.2 Å². The molecule has 3 aromatic rings. The van der Waals surface area contributed by atoms with Crippen molar-refractivity contribution in [1.82, 2.24) is 9.47 Å². The van der Waals surface area contributed by atoms with Gasteiger partial charge in [0.25, 0.3) is 0 Å². The molecule has 1 saturated carbocycles. The molecule has 1 aromatic heterocycles. The zero-order chi connectivity index (χ0) is 28.8. The second kappa shape index (κ2) is 8.64. The predicted molar refractivity (Wildman–Crippen MR) is 144 cm³/mol. The molecule has 3 fully saturated rings. The first-order valence-electron chi connectivity index (χ1n) is 13.9. The van der Waals surface area contributed by atoms with Gasteiger partial charge in [0.15, 0.2) is 5.60 Å². The van der Waals surface area contributed by atoms with Crippen LogP contribution in [0.25, 0.3) is 10.9 Å². The summed E-state index contributed by atoms with van der Waals surface area (Å²) in [6.07, 6.45) is -0.535. The van der Waals surface area contributed by atoms with E-state index in [0.717, 1.165) is 16.6 Å². The summed E-state index contributed by atoms with van der Waals surface area (Å²) in [5.74, 6) is -5.30. The Bertz CT molecular complexity index is 1590. The minimum atomic E-state index is -2.40. The molecule has 1 N–H and O–H groups in total. The van der Waals surface area contributed by atoms with Crippen LogP contribution in [0.3, 0.4) is 0 Å². The van der Waals surface area contributed by atoms with E-state index < -0.39 is 54.0 Å². The summed E-state index contributed by atoms with van der Waals surface area (Å²) in [5.41, 5.74) is -0.352. The van der Waals surface area contributed by atoms with E-state index in [1.807, 2.05) is 54.1 Å². The van der Waals surface area contributed by atoms with Crippen molar-refractivity contribution in [3.05, 3.63) is 71.4 Å². The van der Waals surface area contributed by atoms with Gasteiger partial charge in [-0.25, -0.2) is 4.79 Å². The number of carbonyl (C=O) groups is 3. The lowest BCUT2D eigenvalue weighted by atomic mass is 9.67. The van der Waals surface area contributed by atoms with Crippen molar-refractivity contribution in [2.75, 3.05) is 14.1 Å². The summed E-state index contributed by atoms with van der Waals surface area (Å²) >= 11 is 0. The average molecular weight is 561 g/mol. The number of benzene rings is 2. The van der Waals surface area contributed by atoms with Crippen molar-refractivity contribution in [3.8, 4) is 0 Å². The lowest BCUT2D eigenvalue weighted by Gasteiger charge is -2.54. The summed E-state index contributed by atoms with van der Waals surface area (Å²) < 4.78 is 26.3. The Morgan fingerprint density at radius 1 is 0.878 bits per heavy atom. The number of fused-ring (bicyclic) bond motifs is 7. The van der Waals surface area contributed by atoms with Crippen LogP contribution in [0, 0.1) is 0 Å². The highest BCUT2D eigenvalue weighted by Gasteiger charge is 2.69. The summed E-state index contributed by atoms with van der Waals surface area (Å²) in [6.45, 7) is 0. The molecule has 0 amide bonds. The average Bonchev–Trinajstić information content (AvgIpc) is 3.21. The minimum absolute atomic E-state index is 0.292. The second-order valence-corrected chi connectivity index (χ2v) is 11.9. The number of aryl methyl sites for hydroxylation is 1. The summed E-state index contributed by atoms with van der Waals surface area (Å²) in [7, 11) is 6.06.